The Morgan fingerprint density at radius 1 is 1.22 bits per heavy atom. The summed E-state index contributed by atoms with van der Waals surface area (Å²) in [6.45, 7) is 4.87. The highest BCUT2D eigenvalue weighted by Crippen LogP contribution is 2.22. The van der Waals surface area contributed by atoms with Gasteiger partial charge in [0.2, 0.25) is 0 Å². The van der Waals surface area contributed by atoms with Crippen LogP contribution in [0, 0.1) is 12.8 Å². The van der Waals surface area contributed by atoms with E-state index in [-0.39, 0.29) is 0 Å². The Balaban J connectivity index is 1.41. The third-order valence-corrected chi connectivity index (χ3v) is 4.25. The third kappa shape index (κ3) is 2.81. The van der Waals surface area contributed by atoms with E-state index in [0.29, 0.717) is 5.92 Å². The van der Waals surface area contributed by atoms with Crippen molar-refractivity contribution in [3.63, 3.8) is 0 Å². The fourth-order valence-electron chi connectivity index (χ4n) is 2.98. The Hall–Kier alpha value is -2.70. The first-order chi connectivity index (χ1) is 11.3. The molecule has 0 aliphatic carbocycles. The summed E-state index contributed by atoms with van der Waals surface area (Å²) in [5, 5.41) is 16.2. The van der Waals surface area contributed by atoms with Gasteiger partial charge in [-0.25, -0.2) is 4.98 Å². The van der Waals surface area contributed by atoms with Gasteiger partial charge in [0.25, 0.3) is 0 Å². The monoisotopic (exact) mass is 309 g/mol. The van der Waals surface area contributed by atoms with Crippen molar-refractivity contribution in [2.24, 2.45) is 5.92 Å². The van der Waals surface area contributed by atoms with Crippen molar-refractivity contribution >= 4 is 17.3 Å². The molecule has 1 unspecified atom stereocenters. The van der Waals surface area contributed by atoms with Crippen LogP contribution in [-0.4, -0.2) is 44.4 Å². The number of aromatic nitrogens is 5. The predicted octanol–water partition coefficient (Wildman–Crippen LogP) is 1.77. The molecule has 7 heteroatoms. The zero-order chi connectivity index (χ0) is 15.6. The minimum atomic E-state index is 0.594. The van der Waals surface area contributed by atoms with Crippen molar-refractivity contribution in [2.75, 3.05) is 29.9 Å². The van der Waals surface area contributed by atoms with Crippen molar-refractivity contribution in [3.8, 4) is 0 Å². The van der Waals surface area contributed by atoms with Crippen LogP contribution in [-0.2, 0) is 0 Å². The molecule has 118 valence electrons. The molecule has 3 aromatic rings. The lowest BCUT2D eigenvalue weighted by molar-refractivity contribution is 0.620. The van der Waals surface area contributed by atoms with Crippen LogP contribution >= 0.6 is 0 Å². The normalized spacial score (nSPS) is 17.8. The minimum absolute atomic E-state index is 0.594. The highest BCUT2D eigenvalue weighted by molar-refractivity contribution is 5.46. The summed E-state index contributed by atoms with van der Waals surface area (Å²) in [5.41, 5.74) is 0.791. The number of anilines is 2. The number of pyridine rings is 1. The van der Waals surface area contributed by atoms with Crippen LogP contribution < -0.4 is 10.2 Å². The van der Waals surface area contributed by atoms with Gasteiger partial charge in [-0.1, -0.05) is 6.07 Å². The number of nitrogens with zero attached hydrogens (tertiary/aromatic N) is 6. The molecular formula is C16H19N7. The van der Waals surface area contributed by atoms with Gasteiger partial charge in [0.05, 0.1) is 0 Å². The largest absolute Gasteiger partial charge is 0.370 e. The van der Waals surface area contributed by atoms with Gasteiger partial charge >= 0.3 is 0 Å². The van der Waals surface area contributed by atoms with Gasteiger partial charge in [0, 0.05) is 25.8 Å². The standard InChI is InChI=1S/C16H19N7/c1-12-19-20-15-5-6-16(21-23(12)15)22-9-7-13(11-22)10-18-14-4-2-3-8-17-14/h2-6,8,13H,7,9-11H2,1H3,(H,17,18). The molecule has 4 rings (SSSR count). The van der Waals surface area contributed by atoms with Gasteiger partial charge in [0.1, 0.15) is 11.6 Å². The Labute approximate surface area is 134 Å². The molecule has 0 bridgehead atoms. The Morgan fingerprint density at radius 3 is 3.04 bits per heavy atom. The number of hydrogen-bond acceptors (Lipinski definition) is 6. The molecule has 0 saturated carbocycles. The zero-order valence-corrected chi connectivity index (χ0v) is 13.1. The van der Waals surface area contributed by atoms with Gasteiger partial charge in [-0.15, -0.1) is 15.3 Å². The lowest BCUT2D eigenvalue weighted by Crippen LogP contribution is -2.24. The van der Waals surface area contributed by atoms with Crippen molar-refractivity contribution < 1.29 is 0 Å². The summed E-state index contributed by atoms with van der Waals surface area (Å²) in [6, 6.07) is 9.92. The lowest BCUT2D eigenvalue weighted by Gasteiger charge is -2.17. The van der Waals surface area contributed by atoms with Gasteiger partial charge < -0.3 is 10.2 Å². The Kier molecular flexibility index (Phi) is 3.53. The molecule has 7 nitrogen and oxygen atoms in total. The summed E-state index contributed by atoms with van der Waals surface area (Å²) < 4.78 is 1.80. The van der Waals surface area contributed by atoms with Gasteiger partial charge in [0.15, 0.2) is 11.5 Å². The fraction of sp³-hybridized carbons (Fsp3) is 0.375. The molecule has 0 radical (unpaired) electrons. The molecule has 0 aromatic carbocycles. The lowest BCUT2D eigenvalue weighted by atomic mass is 10.1. The second-order valence-electron chi connectivity index (χ2n) is 5.91. The van der Waals surface area contributed by atoms with E-state index >= 15 is 0 Å². The minimum Gasteiger partial charge on any atom is -0.370 e. The van der Waals surface area contributed by atoms with Crippen LogP contribution in [0.3, 0.4) is 0 Å². The van der Waals surface area contributed by atoms with Crippen molar-refractivity contribution in [1.82, 2.24) is 24.8 Å². The number of rotatable bonds is 4. The number of hydrogen-bond donors (Lipinski definition) is 1. The molecule has 0 spiro atoms. The average Bonchev–Trinajstić information content (AvgIpc) is 3.21. The maximum Gasteiger partial charge on any atom is 0.178 e. The maximum absolute atomic E-state index is 4.65. The Bertz CT molecular complexity index is 799. The van der Waals surface area contributed by atoms with Crippen LogP contribution in [0.25, 0.3) is 5.65 Å². The van der Waals surface area contributed by atoms with Crippen LogP contribution in [0.2, 0.25) is 0 Å². The van der Waals surface area contributed by atoms with Gasteiger partial charge in [-0.3, -0.25) is 0 Å². The van der Waals surface area contributed by atoms with E-state index in [9.17, 15) is 0 Å². The summed E-state index contributed by atoms with van der Waals surface area (Å²) in [6.07, 6.45) is 2.96. The molecular weight excluding hydrogens is 290 g/mol. The highest BCUT2D eigenvalue weighted by Gasteiger charge is 2.24. The van der Waals surface area contributed by atoms with Crippen molar-refractivity contribution in [1.29, 1.82) is 0 Å². The molecule has 1 aliphatic rings. The van der Waals surface area contributed by atoms with E-state index < -0.39 is 0 Å². The van der Waals surface area contributed by atoms with Crippen molar-refractivity contribution in [2.45, 2.75) is 13.3 Å². The maximum atomic E-state index is 4.65. The second kappa shape index (κ2) is 5.83. The molecule has 3 aromatic heterocycles. The molecule has 1 saturated heterocycles. The van der Waals surface area contributed by atoms with Crippen LogP contribution in [0.15, 0.2) is 36.5 Å². The first-order valence-electron chi connectivity index (χ1n) is 7.88. The number of aryl methyl sites for hydroxylation is 1. The summed E-state index contributed by atoms with van der Waals surface area (Å²) in [7, 11) is 0. The van der Waals surface area contributed by atoms with E-state index in [4.69, 9.17) is 0 Å². The molecule has 1 atom stereocenters. The van der Waals surface area contributed by atoms with Gasteiger partial charge in [-0.2, -0.15) is 4.52 Å². The summed E-state index contributed by atoms with van der Waals surface area (Å²) >= 11 is 0. The molecule has 1 fully saturated rings. The third-order valence-electron chi connectivity index (χ3n) is 4.25. The second-order valence-corrected chi connectivity index (χ2v) is 5.91. The quantitative estimate of drug-likeness (QED) is 0.792. The van der Waals surface area contributed by atoms with E-state index in [1.54, 1.807) is 4.52 Å². The molecule has 4 heterocycles. The predicted molar refractivity (Wildman–Crippen MR) is 88.6 cm³/mol. The Morgan fingerprint density at radius 2 is 2.17 bits per heavy atom. The smallest absolute Gasteiger partial charge is 0.178 e. The number of nitrogens with one attached hydrogen (secondary N) is 1. The molecule has 1 aliphatic heterocycles. The van der Waals surface area contributed by atoms with Crippen LogP contribution in [0.4, 0.5) is 11.6 Å². The zero-order valence-electron chi connectivity index (χ0n) is 13.1. The molecule has 23 heavy (non-hydrogen) atoms. The van der Waals surface area contributed by atoms with Crippen LogP contribution in [0.5, 0.6) is 0 Å². The summed E-state index contributed by atoms with van der Waals surface area (Å²) in [5.74, 6) is 3.33. The molecule has 0 amide bonds. The van der Waals surface area contributed by atoms with E-state index in [0.717, 1.165) is 49.2 Å². The number of fused-ring (bicyclic) bond motifs is 1. The van der Waals surface area contributed by atoms with Crippen LogP contribution in [0.1, 0.15) is 12.2 Å². The van der Waals surface area contributed by atoms with Crippen molar-refractivity contribution in [3.05, 3.63) is 42.4 Å². The average molecular weight is 309 g/mol. The highest BCUT2D eigenvalue weighted by atomic mass is 15.4. The fourth-order valence-corrected chi connectivity index (χ4v) is 2.98. The first-order valence-corrected chi connectivity index (χ1v) is 7.88. The van der Waals surface area contributed by atoms with Gasteiger partial charge in [-0.05, 0) is 43.5 Å². The van der Waals surface area contributed by atoms with E-state index in [2.05, 4.69) is 30.5 Å². The van der Waals surface area contributed by atoms with E-state index in [1.165, 1.54) is 0 Å². The SMILES string of the molecule is Cc1nnc2ccc(N3CCC(CNc4ccccn4)C3)nn12. The summed E-state index contributed by atoms with van der Waals surface area (Å²) in [4.78, 5) is 6.62. The first kappa shape index (κ1) is 13.9. The molecule has 1 N–H and O–H groups in total. The topological polar surface area (TPSA) is 71.2 Å². The van der Waals surface area contributed by atoms with E-state index in [1.807, 2.05) is 43.5 Å².